The van der Waals surface area contributed by atoms with E-state index >= 15 is 0 Å². The molecule has 240 valence electrons. The van der Waals surface area contributed by atoms with Gasteiger partial charge in [0.05, 0.1) is 0 Å². The first-order valence-electron chi connectivity index (χ1n) is 17.9. The van der Waals surface area contributed by atoms with Gasteiger partial charge >= 0.3 is 0 Å². The molecule has 0 bridgehead atoms. The molecule has 9 aromatic rings. The van der Waals surface area contributed by atoms with Crippen LogP contribution in [0.25, 0.3) is 88.0 Å². The molecule has 0 fully saturated rings. The predicted octanol–water partition coefficient (Wildman–Crippen LogP) is 14.1. The molecule has 0 radical (unpaired) electrons. The highest BCUT2D eigenvalue weighted by atomic mass is 14.4. The van der Waals surface area contributed by atoms with Crippen LogP contribution in [-0.2, 0) is 5.41 Å². The molecule has 0 nitrogen and oxygen atoms in total. The van der Waals surface area contributed by atoms with Gasteiger partial charge in [-0.1, -0.05) is 178 Å². The van der Waals surface area contributed by atoms with Crippen molar-refractivity contribution in [3.05, 3.63) is 193 Å². The van der Waals surface area contributed by atoms with Crippen LogP contribution in [0.5, 0.6) is 0 Å². The van der Waals surface area contributed by atoms with Gasteiger partial charge in [-0.3, -0.25) is 0 Å². The van der Waals surface area contributed by atoms with Crippen molar-refractivity contribution in [2.45, 2.75) is 19.3 Å². The normalized spacial score (nSPS) is 13.1. The monoisotopic (exact) mass is 648 g/mol. The summed E-state index contributed by atoms with van der Waals surface area (Å²) < 4.78 is 0. The number of hydrogen-bond donors (Lipinski definition) is 0. The second-order valence-corrected chi connectivity index (χ2v) is 14.4. The van der Waals surface area contributed by atoms with E-state index in [1.54, 1.807) is 0 Å². The van der Waals surface area contributed by atoms with Gasteiger partial charge in [0.1, 0.15) is 0 Å². The average molecular weight is 649 g/mol. The fourth-order valence-corrected chi connectivity index (χ4v) is 8.85. The molecular formula is C51H36. The van der Waals surface area contributed by atoms with Crippen molar-refractivity contribution >= 4 is 32.3 Å². The lowest BCUT2D eigenvalue weighted by atomic mass is 9.81. The van der Waals surface area contributed by atoms with Crippen LogP contribution < -0.4 is 0 Å². The molecule has 1 aliphatic carbocycles. The lowest BCUT2D eigenvalue weighted by molar-refractivity contribution is 0.660. The zero-order chi connectivity index (χ0) is 34.1. The number of hydrogen-bond acceptors (Lipinski definition) is 0. The van der Waals surface area contributed by atoms with Crippen LogP contribution in [0, 0.1) is 0 Å². The first-order chi connectivity index (χ1) is 25.1. The van der Waals surface area contributed by atoms with Crippen molar-refractivity contribution < 1.29 is 0 Å². The van der Waals surface area contributed by atoms with Gasteiger partial charge in [0.15, 0.2) is 0 Å². The fourth-order valence-electron chi connectivity index (χ4n) is 8.85. The van der Waals surface area contributed by atoms with Gasteiger partial charge in [-0.15, -0.1) is 0 Å². The van der Waals surface area contributed by atoms with Crippen molar-refractivity contribution in [3.8, 4) is 55.6 Å². The standard InChI is InChI=1S/C51H36/c1-51(2)47-27-15-14-21-39(47)40-29-28-34(32-48(40)51)36-30-35-18-6-7-20-38(35)46(31-36)50-44-25-12-10-23-42(44)49(43-24-11-13-26-45(43)50)41-22-9-8-19-37(41)33-16-4-3-5-17-33/h3-32H,1-2H3. The van der Waals surface area contributed by atoms with Crippen molar-refractivity contribution in [2.24, 2.45) is 0 Å². The summed E-state index contributed by atoms with van der Waals surface area (Å²) in [7, 11) is 0. The van der Waals surface area contributed by atoms with E-state index in [2.05, 4.69) is 196 Å². The summed E-state index contributed by atoms with van der Waals surface area (Å²) in [4.78, 5) is 0. The van der Waals surface area contributed by atoms with Gasteiger partial charge in [-0.2, -0.15) is 0 Å². The van der Waals surface area contributed by atoms with E-state index in [0.717, 1.165) is 0 Å². The van der Waals surface area contributed by atoms with E-state index in [9.17, 15) is 0 Å². The SMILES string of the molecule is CC1(C)c2ccccc2-c2ccc(-c3cc(-c4c5ccccc5c(-c5ccccc5-c5ccccc5)c5ccccc45)c4ccccc4c3)cc21. The molecular weight excluding hydrogens is 613 g/mol. The number of benzene rings is 9. The Labute approximate surface area is 299 Å². The van der Waals surface area contributed by atoms with Crippen molar-refractivity contribution in [3.63, 3.8) is 0 Å². The van der Waals surface area contributed by atoms with Gasteiger partial charge < -0.3 is 0 Å². The number of fused-ring (bicyclic) bond motifs is 6. The first kappa shape index (κ1) is 29.7. The minimum Gasteiger partial charge on any atom is -0.0622 e. The molecule has 51 heavy (non-hydrogen) atoms. The fraction of sp³-hybridized carbons (Fsp3) is 0.0588. The molecule has 0 spiro atoms. The molecule has 0 aromatic heterocycles. The Hall–Kier alpha value is -6.24. The van der Waals surface area contributed by atoms with E-state index in [-0.39, 0.29) is 5.41 Å². The predicted molar refractivity (Wildman–Crippen MR) is 218 cm³/mol. The van der Waals surface area contributed by atoms with Crippen LogP contribution in [0.1, 0.15) is 25.0 Å². The molecule has 9 aromatic carbocycles. The van der Waals surface area contributed by atoms with Crippen molar-refractivity contribution in [2.75, 3.05) is 0 Å². The van der Waals surface area contributed by atoms with Gasteiger partial charge in [-0.05, 0) is 117 Å². The van der Waals surface area contributed by atoms with Crippen LogP contribution in [0.2, 0.25) is 0 Å². The van der Waals surface area contributed by atoms with E-state index in [1.807, 2.05) is 0 Å². The molecule has 0 saturated heterocycles. The van der Waals surface area contributed by atoms with Crippen LogP contribution in [0.15, 0.2) is 182 Å². The molecule has 10 rings (SSSR count). The van der Waals surface area contributed by atoms with Crippen LogP contribution in [0.4, 0.5) is 0 Å². The lowest BCUT2D eigenvalue weighted by Crippen LogP contribution is -2.14. The zero-order valence-electron chi connectivity index (χ0n) is 28.8. The second kappa shape index (κ2) is 11.4. The quantitative estimate of drug-likeness (QED) is 0.167. The summed E-state index contributed by atoms with van der Waals surface area (Å²) in [5.41, 5.74) is 15.5. The summed E-state index contributed by atoms with van der Waals surface area (Å²) in [5.74, 6) is 0. The second-order valence-electron chi connectivity index (χ2n) is 14.4. The highest BCUT2D eigenvalue weighted by molar-refractivity contribution is 6.24. The topological polar surface area (TPSA) is 0 Å². The van der Waals surface area contributed by atoms with Crippen molar-refractivity contribution in [1.29, 1.82) is 0 Å². The molecule has 0 N–H and O–H groups in total. The third-order valence-corrected chi connectivity index (χ3v) is 11.3. The lowest BCUT2D eigenvalue weighted by Gasteiger charge is -2.22. The summed E-state index contributed by atoms with van der Waals surface area (Å²) in [5, 5.41) is 7.58. The average Bonchev–Trinajstić information content (AvgIpc) is 3.42. The Balaban J connectivity index is 1.26. The highest BCUT2D eigenvalue weighted by Gasteiger charge is 2.35. The van der Waals surface area contributed by atoms with E-state index in [1.165, 1.54) is 99.1 Å². The summed E-state index contributed by atoms with van der Waals surface area (Å²) in [6.07, 6.45) is 0. The number of rotatable bonds is 4. The Kier molecular flexibility index (Phi) is 6.63. The van der Waals surface area contributed by atoms with E-state index in [4.69, 9.17) is 0 Å². The maximum atomic E-state index is 2.45. The minimum atomic E-state index is -0.0557. The molecule has 0 heteroatoms. The molecule has 0 atom stereocenters. The highest BCUT2D eigenvalue weighted by Crippen LogP contribution is 2.51. The molecule has 0 aliphatic heterocycles. The smallest absolute Gasteiger partial charge is 0.0159 e. The zero-order valence-corrected chi connectivity index (χ0v) is 28.8. The Morgan fingerprint density at radius 2 is 0.804 bits per heavy atom. The maximum Gasteiger partial charge on any atom is 0.0159 e. The third kappa shape index (κ3) is 4.53. The Morgan fingerprint density at radius 1 is 0.294 bits per heavy atom. The van der Waals surface area contributed by atoms with Gasteiger partial charge in [-0.25, -0.2) is 0 Å². The summed E-state index contributed by atoms with van der Waals surface area (Å²) in [6.45, 7) is 4.73. The van der Waals surface area contributed by atoms with Gasteiger partial charge in [0.2, 0.25) is 0 Å². The molecule has 0 amide bonds. The molecule has 0 heterocycles. The maximum absolute atomic E-state index is 2.45. The van der Waals surface area contributed by atoms with Gasteiger partial charge in [0.25, 0.3) is 0 Å². The van der Waals surface area contributed by atoms with Crippen LogP contribution in [0.3, 0.4) is 0 Å². The first-order valence-corrected chi connectivity index (χ1v) is 17.9. The largest absolute Gasteiger partial charge is 0.0622 e. The van der Waals surface area contributed by atoms with Crippen LogP contribution >= 0.6 is 0 Å². The molecule has 0 saturated carbocycles. The van der Waals surface area contributed by atoms with Crippen molar-refractivity contribution in [1.82, 2.24) is 0 Å². The Bertz CT molecular complexity index is 2760. The minimum absolute atomic E-state index is 0.0557. The summed E-state index contributed by atoms with van der Waals surface area (Å²) in [6, 6.07) is 67.4. The van der Waals surface area contributed by atoms with Gasteiger partial charge in [0, 0.05) is 5.41 Å². The summed E-state index contributed by atoms with van der Waals surface area (Å²) >= 11 is 0. The Morgan fingerprint density at radius 3 is 1.49 bits per heavy atom. The molecule has 1 aliphatic rings. The van der Waals surface area contributed by atoms with E-state index < -0.39 is 0 Å². The molecule has 0 unspecified atom stereocenters. The van der Waals surface area contributed by atoms with Crippen LogP contribution in [-0.4, -0.2) is 0 Å². The van der Waals surface area contributed by atoms with E-state index in [0.29, 0.717) is 0 Å². The third-order valence-electron chi connectivity index (χ3n) is 11.3.